The number of anilines is 1. The predicted molar refractivity (Wildman–Crippen MR) is 129 cm³/mol. The van der Waals surface area contributed by atoms with Gasteiger partial charge >= 0.3 is 6.09 Å². The second-order valence-corrected chi connectivity index (χ2v) is 8.95. The summed E-state index contributed by atoms with van der Waals surface area (Å²) in [7, 11) is 0. The van der Waals surface area contributed by atoms with E-state index < -0.39 is 0 Å². The Kier molecular flexibility index (Phi) is 7.47. The molecule has 1 saturated heterocycles. The van der Waals surface area contributed by atoms with Gasteiger partial charge in [0.05, 0.1) is 18.9 Å². The van der Waals surface area contributed by atoms with E-state index in [2.05, 4.69) is 35.3 Å². The van der Waals surface area contributed by atoms with Crippen molar-refractivity contribution in [3.05, 3.63) is 76.6 Å². The number of furan rings is 1. The number of carbonyl (C=O) groups is 2. The average Bonchev–Trinajstić information content (AvgIpc) is 3.51. The summed E-state index contributed by atoms with van der Waals surface area (Å²) in [6, 6.07) is 15.8. The maximum atomic E-state index is 12.8. The fraction of sp³-hybridized carbons (Fsp3) is 0.360. The van der Waals surface area contributed by atoms with Crippen LogP contribution in [-0.2, 0) is 11.2 Å². The standard InChI is InChI=1S/C25H29N3O4S/c1-3-19-17-20(24(33-19)26-23(29)21-11-8-16-32-21)22(18-9-6-5-7-10-18)27-12-14-28(15-13-27)25(30)31-4-2/h5-11,16-17,22H,3-4,12-15H2,1-2H3,(H,26,29). The molecule has 3 aromatic rings. The monoisotopic (exact) mass is 467 g/mol. The van der Waals surface area contributed by atoms with Crippen molar-refractivity contribution in [2.75, 3.05) is 38.1 Å². The highest BCUT2D eigenvalue weighted by Crippen LogP contribution is 2.40. The van der Waals surface area contributed by atoms with Gasteiger partial charge in [-0.15, -0.1) is 11.3 Å². The fourth-order valence-corrected chi connectivity index (χ4v) is 5.13. The van der Waals surface area contributed by atoms with Crippen molar-refractivity contribution in [2.45, 2.75) is 26.3 Å². The molecule has 0 spiro atoms. The number of thiophene rings is 1. The zero-order chi connectivity index (χ0) is 23.2. The molecule has 0 bridgehead atoms. The Morgan fingerprint density at radius 1 is 1.09 bits per heavy atom. The Labute approximate surface area is 197 Å². The Balaban J connectivity index is 1.64. The van der Waals surface area contributed by atoms with Gasteiger partial charge in [-0.05, 0) is 37.1 Å². The van der Waals surface area contributed by atoms with Gasteiger partial charge < -0.3 is 19.4 Å². The normalized spacial score (nSPS) is 15.3. The molecule has 0 aliphatic carbocycles. The molecule has 1 atom stereocenters. The molecule has 1 aromatic carbocycles. The SMILES string of the molecule is CCOC(=O)N1CCN(C(c2ccccc2)c2cc(CC)sc2NC(=O)c2ccco2)CC1. The third-order valence-electron chi connectivity index (χ3n) is 5.75. The quantitative estimate of drug-likeness (QED) is 0.528. The second kappa shape index (κ2) is 10.7. The third kappa shape index (κ3) is 5.29. The summed E-state index contributed by atoms with van der Waals surface area (Å²) in [6.45, 7) is 6.92. The van der Waals surface area contributed by atoms with Gasteiger partial charge in [0.1, 0.15) is 5.00 Å². The van der Waals surface area contributed by atoms with Crippen LogP contribution >= 0.6 is 11.3 Å². The summed E-state index contributed by atoms with van der Waals surface area (Å²) in [5.41, 5.74) is 2.21. The second-order valence-electron chi connectivity index (χ2n) is 7.82. The molecule has 1 aliphatic rings. The van der Waals surface area contributed by atoms with Crippen LogP contribution in [-0.4, -0.2) is 54.6 Å². The molecule has 1 aliphatic heterocycles. The zero-order valence-corrected chi connectivity index (χ0v) is 19.8. The van der Waals surface area contributed by atoms with Crippen LogP contribution < -0.4 is 5.32 Å². The lowest BCUT2D eigenvalue weighted by Gasteiger charge is -2.39. The van der Waals surface area contributed by atoms with Crippen molar-refractivity contribution in [3.8, 4) is 0 Å². The Morgan fingerprint density at radius 2 is 1.85 bits per heavy atom. The Bertz CT molecular complexity index is 1060. The van der Waals surface area contributed by atoms with Gasteiger partial charge in [-0.2, -0.15) is 0 Å². The van der Waals surface area contributed by atoms with Crippen LogP contribution in [0.4, 0.5) is 9.80 Å². The molecule has 3 heterocycles. The predicted octanol–water partition coefficient (Wildman–Crippen LogP) is 5.02. The number of piperazine rings is 1. The lowest BCUT2D eigenvalue weighted by molar-refractivity contribution is 0.0716. The van der Waals surface area contributed by atoms with Gasteiger partial charge in [-0.1, -0.05) is 37.3 Å². The molecule has 1 unspecified atom stereocenters. The van der Waals surface area contributed by atoms with Gasteiger partial charge in [-0.3, -0.25) is 9.69 Å². The van der Waals surface area contributed by atoms with Gasteiger partial charge in [-0.25, -0.2) is 4.79 Å². The van der Waals surface area contributed by atoms with Crippen molar-refractivity contribution >= 4 is 28.3 Å². The van der Waals surface area contributed by atoms with E-state index in [-0.39, 0.29) is 23.8 Å². The first-order chi connectivity index (χ1) is 16.1. The van der Waals surface area contributed by atoms with Crippen LogP contribution in [0.3, 0.4) is 0 Å². The van der Waals surface area contributed by atoms with E-state index in [1.54, 1.807) is 28.4 Å². The van der Waals surface area contributed by atoms with E-state index in [4.69, 9.17) is 9.15 Å². The number of benzene rings is 1. The van der Waals surface area contributed by atoms with Crippen LogP contribution in [0.1, 0.15) is 46.4 Å². The first-order valence-corrected chi connectivity index (χ1v) is 12.1. The van der Waals surface area contributed by atoms with Crippen molar-refractivity contribution < 1.29 is 18.7 Å². The average molecular weight is 468 g/mol. The number of nitrogens with zero attached hydrogens (tertiary/aromatic N) is 2. The Morgan fingerprint density at radius 3 is 2.48 bits per heavy atom. The number of hydrogen-bond acceptors (Lipinski definition) is 6. The highest BCUT2D eigenvalue weighted by Gasteiger charge is 2.31. The maximum absolute atomic E-state index is 12.8. The van der Waals surface area contributed by atoms with Crippen LogP contribution in [0.15, 0.2) is 59.2 Å². The van der Waals surface area contributed by atoms with Crippen molar-refractivity contribution in [1.82, 2.24) is 9.80 Å². The van der Waals surface area contributed by atoms with Gasteiger partial charge in [0.2, 0.25) is 0 Å². The molecule has 2 aromatic heterocycles. The number of carbonyl (C=O) groups excluding carboxylic acids is 2. The maximum Gasteiger partial charge on any atom is 0.409 e. The minimum Gasteiger partial charge on any atom is -0.459 e. The molecule has 33 heavy (non-hydrogen) atoms. The zero-order valence-electron chi connectivity index (χ0n) is 19.0. The van der Waals surface area contributed by atoms with Crippen molar-refractivity contribution in [2.24, 2.45) is 0 Å². The summed E-state index contributed by atoms with van der Waals surface area (Å²) in [4.78, 5) is 30.3. The molecular weight excluding hydrogens is 438 g/mol. The highest BCUT2D eigenvalue weighted by atomic mass is 32.1. The molecule has 2 amide bonds. The Hall–Kier alpha value is -3.10. The van der Waals surface area contributed by atoms with E-state index in [9.17, 15) is 9.59 Å². The number of ether oxygens (including phenoxy) is 1. The molecule has 4 rings (SSSR count). The number of aryl methyl sites for hydroxylation is 1. The topological polar surface area (TPSA) is 75.0 Å². The van der Waals surface area contributed by atoms with Gasteiger partial charge in [0, 0.05) is 36.6 Å². The lowest BCUT2D eigenvalue weighted by Crippen LogP contribution is -2.50. The highest BCUT2D eigenvalue weighted by molar-refractivity contribution is 7.16. The van der Waals surface area contributed by atoms with E-state index in [0.29, 0.717) is 32.8 Å². The van der Waals surface area contributed by atoms with E-state index in [1.165, 1.54) is 11.1 Å². The summed E-state index contributed by atoms with van der Waals surface area (Å²) in [6.07, 6.45) is 2.12. The fourth-order valence-electron chi connectivity index (χ4n) is 4.11. The number of hydrogen-bond donors (Lipinski definition) is 1. The number of amides is 2. The first-order valence-electron chi connectivity index (χ1n) is 11.3. The van der Waals surface area contributed by atoms with E-state index in [1.807, 2.05) is 25.1 Å². The van der Waals surface area contributed by atoms with Gasteiger partial charge in [0.15, 0.2) is 5.76 Å². The van der Waals surface area contributed by atoms with Crippen LogP contribution in [0, 0.1) is 0 Å². The molecule has 0 radical (unpaired) electrons. The smallest absolute Gasteiger partial charge is 0.409 e. The third-order valence-corrected chi connectivity index (χ3v) is 6.96. The minimum absolute atomic E-state index is 0.0426. The molecule has 8 heteroatoms. The molecule has 1 fully saturated rings. The summed E-state index contributed by atoms with van der Waals surface area (Å²) >= 11 is 1.60. The van der Waals surface area contributed by atoms with Crippen LogP contribution in [0.5, 0.6) is 0 Å². The summed E-state index contributed by atoms with van der Waals surface area (Å²) in [5.74, 6) is 0.0244. The summed E-state index contributed by atoms with van der Waals surface area (Å²) in [5, 5.41) is 3.90. The largest absolute Gasteiger partial charge is 0.459 e. The molecule has 174 valence electrons. The van der Waals surface area contributed by atoms with Crippen molar-refractivity contribution in [3.63, 3.8) is 0 Å². The number of rotatable bonds is 7. The lowest BCUT2D eigenvalue weighted by atomic mass is 9.97. The number of nitrogens with one attached hydrogen (secondary N) is 1. The summed E-state index contributed by atoms with van der Waals surface area (Å²) < 4.78 is 10.5. The molecule has 7 nitrogen and oxygen atoms in total. The van der Waals surface area contributed by atoms with Crippen LogP contribution in [0.2, 0.25) is 0 Å². The molecular formula is C25H29N3O4S. The van der Waals surface area contributed by atoms with Crippen LogP contribution in [0.25, 0.3) is 0 Å². The van der Waals surface area contributed by atoms with Crippen molar-refractivity contribution in [1.29, 1.82) is 0 Å². The molecule has 0 saturated carbocycles. The van der Waals surface area contributed by atoms with Gasteiger partial charge in [0.25, 0.3) is 5.91 Å². The minimum atomic E-state index is -0.261. The van der Waals surface area contributed by atoms with E-state index >= 15 is 0 Å². The first kappa shape index (κ1) is 23.1. The molecule has 1 N–H and O–H groups in total. The van der Waals surface area contributed by atoms with E-state index in [0.717, 1.165) is 22.5 Å².